The van der Waals surface area contributed by atoms with Crippen molar-refractivity contribution < 1.29 is 9.47 Å². The minimum Gasteiger partial charge on any atom is -0.493 e. The Morgan fingerprint density at radius 1 is 1.13 bits per heavy atom. The lowest BCUT2D eigenvalue weighted by molar-refractivity contribution is 0.107. The fourth-order valence-electron chi connectivity index (χ4n) is 3.76. The number of methoxy groups -OCH3 is 1. The molecule has 7 nitrogen and oxygen atoms in total. The van der Waals surface area contributed by atoms with Gasteiger partial charge in [-0.3, -0.25) is 9.89 Å². The molecule has 1 atom stereocenters. The first-order valence-corrected chi connectivity index (χ1v) is 11.3. The van der Waals surface area contributed by atoms with Crippen LogP contribution in [0.25, 0.3) is 0 Å². The summed E-state index contributed by atoms with van der Waals surface area (Å²) in [6.45, 7) is 14.7. The summed E-state index contributed by atoms with van der Waals surface area (Å²) in [7, 11) is 3.50. The topological polar surface area (TPSA) is 61.4 Å². The van der Waals surface area contributed by atoms with Gasteiger partial charge in [-0.15, -0.1) is 24.0 Å². The van der Waals surface area contributed by atoms with Crippen LogP contribution in [-0.2, 0) is 6.42 Å². The minimum absolute atomic E-state index is 0. The molecule has 1 aromatic rings. The molecular weight excluding hydrogens is 505 g/mol. The Hall–Kier alpha value is -1.26. The standard InChI is InChI=1S/C23H41N5O2.HI/c1-6-27-13-15-28(16-14-27)19(3)18-26-23(24-4)25-12-8-9-20-10-11-21(29-5)22(17-20)30-7-2;/h10-11,17,19H,6-9,12-16,18H2,1-5H3,(H2,24,25,26);1H. The smallest absolute Gasteiger partial charge is 0.191 e. The molecule has 2 rings (SSSR count). The number of aliphatic imine (C=N–C) groups is 1. The van der Waals surface area contributed by atoms with E-state index in [9.17, 15) is 0 Å². The summed E-state index contributed by atoms with van der Waals surface area (Å²) >= 11 is 0. The van der Waals surface area contributed by atoms with E-state index in [-0.39, 0.29) is 24.0 Å². The van der Waals surface area contributed by atoms with E-state index in [2.05, 4.69) is 51.4 Å². The Morgan fingerprint density at radius 3 is 2.48 bits per heavy atom. The highest BCUT2D eigenvalue weighted by molar-refractivity contribution is 14.0. The average molecular weight is 548 g/mol. The Bertz CT molecular complexity index is 651. The molecule has 0 amide bonds. The number of hydrogen-bond acceptors (Lipinski definition) is 5. The Balaban J connectivity index is 0.00000480. The third-order valence-electron chi connectivity index (χ3n) is 5.73. The van der Waals surface area contributed by atoms with Crippen molar-refractivity contribution >= 4 is 29.9 Å². The molecule has 0 bridgehead atoms. The summed E-state index contributed by atoms with van der Waals surface area (Å²) < 4.78 is 11.0. The first-order chi connectivity index (χ1) is 14.6. The maximum absolute atomic E-state index is 5.67. The predicted octanol–water partition coefficient (Wildman–Crippen LogP) is 2.84. The number of ether oxygens (including phenoxy) is 2. The summed E-state index contributed by atoms with van der Waals surface area (Å²) in [5, 5.41) is 6.91. The monoisotopic (exact) mass is 547 g/mol. The van der Waals surface area contributed by atoms with Crippen molar-refractivity contribution in [1.82, 2.24) is 20.4 Å². The van der Waals surface area contributed by atoms with Gasteiger partial charge in [0.15, 0.2) is 17.5 Å². The molecule has 0 aromatic heterocycles. The lowest BCUT2D eigenvalue weighted by Gasteiger charge is -2.37. The van der Waals surface area contributed by atoms with Crippen LogP contribution in [0.1, 0.15) is 32.8 Å². The van der Waals surface area contributed by atoms with E-state index < -0.39 is 0 Å². The average Bonchev–Trinajstić information content (AvgIpc) is 2.79. The molecule has 1 fully saturated rings. The van der Waals surface area contributed by atoms with E-state index in [0.29, 0.717) is 12.6 Å². The van der Waals surface area contributed by atoms with Crippen LogP contribution in [0.5, 0.6) is 11.5 Å². The van der Waals surface area contributed by atoms with E-state index in [1.54, 1.807) is 7.11 Å². The first-order valence-electron chi connectivity index (χ1n) is 11.3. The van der Waals surface area contributed by atoms with Crippen molar-refractivity contribution in [3.63, 3.8) is 0 Å². The second-order valence-corrected chi connectivity index (χ2v) is 7.72. The van der Waals surface area contributed by atoms with Crippen LogP contribution in [0.4, 0.5) is 0 Å². The van der Waals surface area contributed by atoms with Crippen LogP contribution in [0.15, 0.2) is 23.2 Å². The predicted molar refractivity (Wildman–Crippen MR) is 140 cm³/mol. The SMILES string of the molecule is CCOc1cc(CCCNC(=NC)NCC(C)N2CCN(CC)CC2)ccc1OC.I. The molecule has 1 heterocycles. The van der Waals surface area contributed by atoms with Crippen molar-refractivity contribution in [2.75, 3.05) is 66.6 Å². The maximum atomic E-state index is 5.67. The molecule has 0 spiro atoms. The van der Waals surface area contributed by atoms with Gasteiger partial charge in [0.05, 0.1) is 13.7 Å². The van der Waals surface area contributed by atoms with Gasteiger partial charge in [-0.05, 0) is 50.9 Å². The third-order valence-corrected chi connectivity index (χ3v) is 5.73. The summed E-state index contributed by atoms with van der Waals surface area (Å²) in [5.74, 6) is 2.48. The van der Waals surface area contributed by atoms with Gasteiger partial charge in [0, 0.05) is 52.4 Å². The number of guanidine groups is 1. The van der Waals surface area contributed by atoms with Gasteiger partial charge in [-0.25, -0.2) is 0 Å². The molecule has 1 aromatic carbocycles. The molecule has 0 aliphatic carbocycles. The fourth-order valence-corrected chi connectivity index (χ4v) is 3.76. The molecule has 0 saturated carbocycles. The van der Waals surface area contributed by atoms with Crippen LogP contribution < -0.4 is 20.1 Å². The van der Waals surface area contributed by atoms with Crippen LogP contribution in [0, 0.1) is 0 Å². The largest absolute Gasteiger partial charge is 0.493 e. The van der Waals surface area contributed by atoms with Crippen LogP contribution in [0.3, 0.4) is 0 Å². The van der Waals surface area contributed by atoms with Gasteiger partial charge >= 0.3 is 0 Å². The molecule has 8 heteroatoms. The van der Waals surface area contributed by atoms with E-state index in [4.69, 9.17) is 9.47 Å². The van der Waals surface area contributed by atoms with Crippen LogP contribution in [-0.4, -0.2) is 88.4 Å². The number of nitrogens with zero attached hydrogens (tertiary/aromatic N) is 3. The van der Waals surface area contributed by atoms with Gasteiger partial charge in [-0.1, -0.05) is 13.0 Å². The van der Waals surface area contributed by atoms with E-state index in [1.807, 2.05) is 20.0 Å². The fraction of sp³-hybridized carbons (Fsp3) is 0.696. The van der Waals surface area contributed by atoms with Gasteiger partial charge in [0.2, 0.25) is 0 Å². The highest BCUT2D eigenvalue weighted by atomic mass is 127. The summed E-state index contributed by atoms with van der Waals surface area (Å²) in [6, 6.07) is 6.67. The normalized spacial score (nSPS) is 16.4. The minimum atomic E-state index is 0. The Morgan fingerprint density at radius 2 is 1.87 bits per heavy atom. The molecule has 0 radical (unpaired) electrons. The number of halogens is 1. The Labute approximate surface area is 206 Å². The molecule has 2 N–H and O–H groups in total. The van der Waals surface area contributed by atoms with Gasteiger partial charge in [0.1, 0.15) is 0 Å². The number of aryl methyl sites for hydroxylation is 1. The third kappa shape index (κ3) is 9.41. The molecule has 1 aliphatic heterocycles. The zero-order valence-electron chi connectivity index (χ0n) is 19.9. The van der Waals surface area contributed by atoms with Crippen molar-refractivity contribution in [1.29, 1.82) is 0 Å². The van der Waals surface area contributed by atoms with Crippen molar-refractivity contribution in [3.8, 4) is 11.5 Å². The van der Waals surface area contributed by atoms with Gasteiger partial charge < -0.3 is 25.0 Å². The summed E-state index contributed by atoms with van der Waals surface area (Å²) in [4.78, 5) is 9.44. The van der Waals surface area contributed by atoms with Crippen molar-refractivity contribution in [2.24, 2.45) is 4.99 Å². The van der Waals surface area contributed by atoms with Crippen molar-refractivity contribution in [3.05, 3.63) is 23.8 Å². The number of hydrogen-bond donors (Lipinski definition) is 2. The Kier molecular flexibility index (Phi) is 13.9. The number of rotatable bonds is 11. The molecular formula is C23H42IN5O2. The molecule has 31 heavy (non-hydrogen) atoms. The van der Waals surface area contributed by atoms with Gasteiger partial charge in [0.25, 0.3) is 0 Å². The molecule has 1 unspecified atom stereocenters. The second kappa shape index (κ2) is 15.5. The zero-order chi connectivity index (χ0) is 21.8. The first kappa shape index (κ1) is 27.8. The lowest BCUT2D eigenvalue weighted by atomic mass is 10.1. The van der Waals surface area contributed by atoms with Crippen LogP contribution in [0.2, 0.25) is 0 Å². The number of nitrogens with one attached hydrogen (secondary N) is 2. The quantitative estimate of drug-likeness (QED) is 0.192. The second-order valence-electron chi connectivity index (χ2n) is 7.72. The number of likely N-dealkylation sites (N-methyl/N-ethyl adjacent to an activating group) is 1. The molecule has 1 aliphatic rings. The van der Waals surface area contributed by atoms with E-state index in [1.165, 1.54) is 18.7 Å². The highest BCUT2D eigenvalue weighted by Crippen LogP contribution is 2.28. The summed E-state index contributed by atoms with van der Waals surface area (Å²) in [6.07, 6.45) is 2.00. The number of benzene rings is 1. The number of piperazine rings is 1. The maximum Gasteiger partial charge on any atom is 0.191 e. The van der Waals surface area contributed by atoms with E-state index in [0.717, 1.165) is 63.0 Å². The zero-order valence-corrected chi connectivity index (χ0v) is 22.3. The highest BCUT2D eigenvalue weighted by Gasteiger charge is 2.20. The van der Waals surface area contributed by atoms with Gasteiger partial charge in [-0.2, -0.15) is 0 Å². The van der Waals surface area contributed by atoms with Crippen molar-refractivity contribution in [2.45, 2.75) is 39.7 Å². The van der Waals surface area contributed by atoms with Crippen LogP contribution >= 0.6 is 24.0 Å². The van der Waals surface area contributed by atoms with E-state index >= 15 is 0 Å². The lowest BCUT2D eigenvalue weighted by Crippen LogP contribution is -2.53. The molecule has 1 saturated heterocycles. The molecule has 178 valence electrons. The summed E-state index contributed by atoms with van der Waals surface area (Å²) in [5.41, 5.74) is 1.25.